The van der Waals surface area contributed by atoms with Crippen LogP contribution in [0.4, 0.5) is 0 Å². The molecule has 648 valence electrons. The molecular formula is C132H120. The maximum Gasteiger partial charge on any atom is 0.0165 e. The van der Waals surface area contributed by atoms with E-state index in [1.54, 1.807) is 0 Å². The highest BCUT2D eigenvalue weighted by Crippen LogP contribution is 2.59. The Morgan fingerprint density at radius 3 is 0.833 bits per heavy atom. The maximum atomic E-state index is 2.36. The molecule has 0 heteroatoms. The summed E-state index contributed by atoms with van der Waals surface area (Å²) in [5.74, 6) is 0. The Bertz CT molecular complexity index is 7450. The van der Waals surface area contributed by atoms with Gasteiger partial charge in [0.2, 0.25) is 0 Å². The van der Waals surface area contributed by atoms with E-state index < -0.39 is 0 Å². The lowest BCUT2D eigenvalue weighted by Gasteiger charge is -2.25. The van der Waals surface area contributed by atoms with Crippen LogP contribution in [0.2, 0.25) is 0 Å². The van der Waals surface area contributed by atoms with Gasteiger partial charge in [-0.25, -0.2) is 0 Å². The Labute approximate surface area is 785 Å². The van der Waals surface area contributed by atoms with Gasteiger partial charge in [0.25, 0.3) is 0 Å². The van der Waals surface area contributed by atoms with Gasteiger partial charge in [-0.05, 0) is 265 Å². The van der Waals surface area contributed by atoms with Crippen molar-refractivity contribution in [2.24, 2.45) is 0 Å². The number of hydrogen-bond acceptors (Lipinski definition) is 0. The summed E-state index contributed by atoms with van der Waals surface area (Å²) in [5.41, 5.74) is 58.3. The van der Waals surface area contributed by atoms with E-state index in [2.05, 4.69) is 525 Å². The third-order valence-electron chi connectivity index (χ3n) is 29.8. The Kier molecular flexibility index (Phi) is 22.7. The molecule has 0 saturated heterocycles. The predicted molar refractivity (Wildman–Crippen MR) is 565 cm³/mol. The number of aryl methyl sites for hydroxylation is 6. The highest BCUT2D eigenvalue weighted by molar-refractivity contribution is 5.94. The molecule has 0 heterocycles. The van der Waals surface area contributed by atoms with E-state index in [1.165, 1.54) is 234 Å². The minimum atomic E-state index is 0.0448. The molecule has 0 radical (unpaired) electrons. The molecule has 0 atom stereocenters. The molecular weight excluding hydrogens is 1590 g/mol. The molecule has 24 rings (SSSR count). The van der Waals surface area contributed by atoms with E-state index in [0.29, 0.717) is 0 Å². The molecule has 6 aliphatic rings. The van der Waals surface area contributed by atoms with Crippen LogP contribution in [-0.4, -0.2) is 0 Å². The lowest BCUT2D eigenvalue weighted by molar-refractivity contribution is 0.660. The summed E-state index contributed by atoms with van der Waals surface area (Å²) >= 11 is 0. The maximum absolute atomic E-state index is 2.36. The highest BCUT2D eigenvalue weighted by Gasteiger charge is 2.43. The van der Waals surface area contributed by atoms with Crippen LogP contribution in [0.3, 0.4) is 0 Å². The van der Waals surface area contributed by atoms with Gasteiger partial charge in [0, 0.05) is 32.5 Å². The Morgan fingerprint density at radius 2 is 0.394 bits per heavy atom. The predicted octanol–water partition coefficient (Wildman–Crippen LogP) is 35.8. The molecule has 0 saturated carbocycles. The van der Waals surface area contributed by atoms with Crippen molar-refractivity contribution >= 4 is 0 Å². The van der Waals surface area contributed by atoms with Crippen molar-refractivity contribution in [1.82, 2.24) is 0 Å². The smallest absolute Gasteiger partial charge is 0.0165 e. The highest BCUT2D eigenvalue weighted by atomic mass is 14.5. The summed E-state index contributed by atoms with van der Waals surface area (Å²) in [6.07, 6.45) is 0. The van der Waals surface area contributed by atoms with E-state index in [4.69, 9.17) is 0 Å². The average Bonchev–Trinajstić information content (AvgIpc) is 1.59. The molecule has 0 bridgehead atoms. The molecule has 18 aromatic carbocycles. The lowest BCUT2D eigenvalue weighted by atomic mass is 9.78. The molecule has 0 unspecified atom stereocenters. The van der Waals surface area contributed by atoms with Gasteiger partial charge in [0.1, 0.15) is 0 Å². The number of rotatable bonds is 6. The normalized spacial score (nSPS) is 14.5. The van der Waals surface area contributed by atoms with Crippen molar-refractivity contribution in [2.75, 3.05) is 0 Å². The van der Waals surface area contributed by atoms with Crippen LogP contribution in [0.1, 0.15) is 183 Å². The van der Waals surface area contributed by atoms with Crippen molar-refractivity contribution in [3.05, 3.63) is 501 Å². The summed E-state index contributed by atoms with van der Waals surface area (Å²) in [4.78, 5) is 0. The number of benzene rings is 18. The zero-order valence-electron chi connectivity index (χ0n) is 80.1. The van der Waals surface area contributed by atoms with Crippen LogP contribution >= 0.6 is 0 Å². The summed E-state index contributed by atoms with van der Waals surface area (Å²) in [5, 5.41) is 0. The molecule has 6 aliphatic carbocycles. The molecule has 0 N–H and O–H groups in total. The fraction of sp³-hybridized carbons (Fsp3) is 0.182. The van der Waals surface area contributed by atoms with Crippen molar-refractivity contribution in [1.29, 1.82) is 0 Å². The van der Waals surface area contributed by atoms with Gasteiger partial charge >= 0.3 is 0 Å². The Balaban J connectivity index is 0.000000102. The van der Waals surface area contributed by atoms with Gasteiger partial charge in [-0.15, -0.1) is 0 Å². The molecule has 0 aliphatic heterocycles. The van der Waals surface area contributed by atoms with Crippen molar-refractivity contribution in [3.63, 3.8) is 0 Å². The van der Waals surface area contributed by atoms with E-state index in [-0.39, 0.29) is 32.5 Å². The number of hydrogen-bond donors (Lipinski definition) is 0. The zero-order valence-corrected chi connectivity index (χ0v) is 80.1. The van der Waals surface area contributed by atoms with E-state index in [0.717, 1.165) is 0 Å². The second-order valence-corrected chi connectivity index (χ2v) is 40.6. The molecule has 0 fully saturated rings. The fourth-order valence-electron chi connectivity index (χ4n) is 23.0. The second-order valence-electron chi connectivity index (χ2n) is 40.6. The van der Waals surface area contributed by atoms with Crippen molar-refractivity contribution < 1.29 is 0 Å². The largest absolute Gasteiger partial charge is 0.0622 e. The van der Waals surface area contributed by atoms with Gasteiger partial charge in [0.05, 0.1) is 0 Å². The summed E-state index contributed by atoms with van der Waals surface area (Å²) in [7, 11) is 0. The molecule has 18 aromatic rings. The minimum Gasteiger partial charge on any atom is -0.0622 e. The summed E-state index contributed by atoms with van der Waals surface area (Å²) in [6.45, 7) is 41.1. The summed E-state index contributed by atoms with van der Waals surface area (Å²) in [6, 6.07) is 146. The summed E-state index contributed by atoms with van der Waals surface area (Å²) < 4.78 is 0. The monoisotopic (exact) mass is 1700 g/mol. The standard InChI is InChI=1S/6C22H20/c1-15-8-6-9-16(14-15)17-11-7-12-19-18-10-4-5-13-20(18)22(2,3)21(17)19;1-15-9-4-5-10-16(15)18-12-8-13-19-17-11-6-7-14-20(17)22(2,3)21(18)19;1-15-7-6-8-16(13-15)17-11-12-21-19(14-17)18-9-4-5-10-20(18)22(21,2)3;1-15-11-13-16(14-12-15)17-8-6-9-19-18-7-4-5-10-20(18)22(2,3)21(17)19;1-15-13-14-17(16-9-5-4-6-10-16)21-20(15)18-11-7-8-12-19(18)22(21,2)3;1-15-8-10-16(11-9-15)17-12-13-21-19(14-17)18-6-4-5-7-20(18)22(21,2)3/h6*4-14H,1-3H3. The van der Waals surface area contributed by atoms with Gasteiger partial charge in [-0.1, -0.05) is 494 Å². The van der Waals surface area contributed by atoms with E-state index in [1.807, 2.05) is 0 Å². The van der Waals surface area contributed by atoms with Crippen LogP contribution < -0.4 is 0 Å². The minimum absolute atomic E-state index is 0.0448. The van der Waals surface area contributed by atoms with Gasteiger partial charge in [-0.3, -0.25) is 0 Å². The van der Waals surface area contributed by atoms with Crippen LogP contribution in [0.5, 0.6) is 0 Å². The first kappa shape index (κ1) is 87.3. The van der Waals surface area contributed by atoms with E-state index >= 15 is 0 Å². The first-order valence-corrected chi connectivity index (χ1v) is 47.4. The SMILES string of the molecule is Cc1ccc(-c2ccc3c(c2)-c2ccccc2C3(C)C)cc1.Cc1ccc(-c2cccc3c2C(C)(C)c2ccccc2-3)cc1.Cc1ccc(-c2ccccc2)c2c1-c1ccccc1C2(C)C.Cc1cccc(-c2ccc3c(c2)-c2ccccc2C3(C)C)c1.Cc1cccc(-c2cccc3c2C(C)(C)c2ccccc2-3)c1.Cc1ccccc1-c1cccc2c1C(C)(C)c1ccccc1-2. The first-order chi connectivity index (χ1) is 63.5. The molecule has 0 aromatic heterocycles. The van der Waals surface area contributed by atoms with Crippen LogP contribution in [-0.2, 0) is 32.5 Å². The van der Waals surface area contributed by atoms with Crippen molar-refractivity contribution in [2.45, 2.75) is 157 Å². The van der Waals surface area contributed by atoms with Gasteiger partial charge < -0.3 is 0 Å². The van der Waals surface area contributed by atoms with Crippen molar-refractivity contribution in [3.8, 4) is 134 Å². The quantitative estimate of drug-likeness (QED) is 0.156. The van der Waals surface area contributed by atoms with Gasteiger partial charge in [-0.2, -0.15) is 0 Å². The average molecular weight is 1710 g/mol. The third-order valence-corrected chi connectivity index (χ3v) is 29.8. The van der Waals surface area contributed by atoms with Crippen LogP contribution in [0.15, 0.2) is 400 Å². The fourth-order valence-corrected chi connectivity index (χ4v) is 23.0. The van der Waals surface area contributed by atoms with E-state index in [9.17, 15) is 0 Å². The van der Waals surface area contributed by atoms with Gasteiger partial charge in [0.15, 0.2) is 0 Å². The topological polar surface area (TPSA) is 0 Å². The molecule has 132 heavy (non-hydrogen) atoms. The molecule has 0 amide bonds. The third kappa shape index (κ3) is 15.4. The molecule has 0 nitrogen and oxygen atoms in total. The van der Waals surface area contributed by atoms with Crippen LogP contribution in [0, 0.1) is 41.5 Å². The second kappa shape index (κ2) is 34.4. The molecule has 0 spiro atoms. The van der Waals surface area contributed by atoms with Crippen LogP contribution in [0.25, 0.3) is 134 Å². The lowest BCUT2D eigenvalue weighted by Crippen LogP contribution is -2.16. The zero-order chi connectivity index (χ0) is 91.9. The Hall–Kier alpha value is -14.0. The first-order valence-electron chi connectivity index (χ1n) is 47.4. The number of fused-ring (bicyclic) bond motifs is 18. The Morgan fingerprint density at radius 1 is 0.129 bits per heavy atom.